The SMILES string of the molecule is Cn1c(-c2ccc(C=NNc3n[nH]c(=S)n3N=Cc3ccc(-c4c[n+]5ccsc5n4C)cc3)cc2)c[n+]2ccsc12.[Br-]. The van der Waals surface area contributed by atoms with Gasteiger partial charge in [-0.15, -0.1) is 5.10 Å². The lowest BCUT2D eigenvalue weighted by Gasteiger charge is -2.01. The van der Waals surface area contributed by atoms with E-state index in [1.807, 2.05) is 24.3 Å². The molecule has 210 valence electrons. The smallest absolute Gasteiger partial charge is 0.345 e. The number of nitrogens with one attached hydrogen (secondary N) is 2. The molecule has 0 bridgehead atoms. The molecule has 5 aromatic heterocycles. The first-order chi connectivity index (χ1) is 20.0. The van der Waals surface area contributed by atoms with E-state index in [1.165, 1.54) is 14.6 Å². The van der Waals surface area contributed by atoms with E-state index in [9.17, 15) is 0 Å². The molecule has 0 aliphatic carbocycles. The van der Waals surface area contributed by atoms with Gasteiger partial charge in [0.25, 0.3) is 5.95 Å². The van der Waals surface area contributed by atoms with Crippen molar-refractivity contribution in [2.75, 3.05) is 5.43 Å². The number of aromatic amines is 1. The van der Waals surface area contributed by atoms with Crippen LogP contribution >= 0.6 is 34.9 Å². The molecule has 0 atom stereocenters. The van der Waals surface area contributed by atoms with E-state index in [1.54, 1.807) is 35.1 Å². The number of thiazole rings is 2. The molecule has 2 N–H and O–H groups in total. The summed E-state index contributed by atoms with van der Waals surface area (Å²) in [5.41, 5.74) is 9.39. The normalized spacial score (nSPS) is 11.8. The fraction of sp³-hybridized carbons (Fsp3) is 0.0714. The van der Waals surface area contributed by atoms with Crippen LogP contribution in [0.4, 0.5) is 5.95 Å². The summed E-state index contributed by atoms with van der Waals surface area (Å²) in [5.74, 6) is 0.387. The lowest BCUT2D eigenvalue weighted by atomic mass is 10.1. The standard InChI is InChI=1S/C28H23N10S3.BrH/c1-34-23(17-36-11-13-40-27(34)36)21-7-3-19(4-8-21)15-29-31-25-32-33-26(39)38(25)30-16-20-5-9-22(10-6-20)24-18-37-12-14-41-28(37)35(24)2;/h3-18H,1-2H3,(H-,31,32,33,39);1H/q+1;. The van der Waals surface area contributed by atoms with Crippen molar-refractivity contribution in [1.29, 1.82) is 0 Å². The van der Waals surface area contributed by atoms with Crippen LogP contribution in [0.5, 0.6) is 0 Å². The molecule has 7 aromatic rings. The molecule has 5 heterocycles. The van der Waals surface area contributed by atoms with Gasteiger partial charge in [-0.05, 0) is 47.6 Å². The molecule has 2 aromatic carbocycles. The van der Waals surface area contributed by atoms with Gasteiger partial charge in [-0.2, -0.15) is 23.7 Å². The third-order valence-electron chi connectivity index (χ3n) is 6.81. The highest BCUT2D eigenvalue weighted by Gasteiger charge is 2.18. The average Bonchev–Trinajstić information content (AvgIpc) is 3.81. The number of aromatic nitrogens is 7. The Kier molecular flexibility index (Phi) is 7.68. The van der Waals surface area contributed by atoms with E-state index in [2.05, 4.69) is 118 Å². The van der Waals surface area contributed by atoms with Crippen molar-refractivity contribution in [3.8, 4) is 22.5 Å². The molecule has 0 fully saturated rings. The van der Waals surface area contributed by atoms with Gasteiger partial charge in [-0.3, -0.25) is 0 Å². The Morgan fingerprint density at radius 1 is 0.833 bits per heavy atom. The van der Waals surface area contributed by atoms with Gasteiger partial charge in [0.05, 0.1) is 26.5 Å². The minimum Gasteiger partial charge on any atom is -1.00 e. The number of benzene rings is 2. The number of halogens is 1. The van der Waals surface area contributed by atoms with Crippen molar-refractivity contribution < 1.29 is 25.8 Å². The molecule has 10 nitrogen and oxygen atoms in total. The van der Waals surface area contributed by atoms with Gasteiger partial charge in [0.2, 0.25) is 4.77 Å². The van der Waals surface area contributed by atoms with Crippen LogP contribution in [0.1, 0.15) is 11.1 Å². The summed E-state index contributed by atoms with van der Waals surface area (Å²) in [6.45, 7) is 0. The maximum Gasteiger partial charge on any atom is 0.345 e. The van der Waals surface area contributed by atoms with Crippen molar-refractivity contribution in [2.45, 2.75) is 0 Å². The number of aryl methyl sites for hydroxylation is 2. The van der Waals surface area contributed by atoms with E-state index >= 15 is 0 Å². The van der Waals surface area contributed by atoms with Crippen LogP contribution in [0.2, 0.25) is 0 Å². The second-order valence-electron chi connectivity index (χ2n) is 9.36. The predicted molar refractivity (Wildman–Crippen MR) is 165 cm³/mol. The summed E-state index contributed by atoms with van der Waals surface area (Å²) in [4.78, 5) is 2.37. The van der Waals surface area contributed by atoms with Gasteiger partial charge < -0.3 is 17.0 Å². The van der Waals surface area contributed by atoms with Crippen LogP contribution in [0.25, 0.3) is 32.4 Å². The van der Waals surface area contributed by atoms with Crippen LogP contribution in [0.15, 0.2) is 94.3 Å². The van der Waals surface area contributed by atoms with E-state index in [4.69, 9.17) is 12.2 Å². The van der Waals surface area contributed by atoms with E-state index < -0.39 is 0 Å². The number of hydrogen-bond donors (Lipinski definition) is 2. The van der Waals surface area contributed by atoms with Crippen LogP contribution in [-0.4, -0.2) is 36.4 Å². The second kappa shape index (κ2) is 11.6. The molecule has 0 aliphatic rings. The Morgan fingerprint density at radius 3 is 1.88 bits per heavy atom. The lowest BCUT2D eigenvalue weighted by Crippen LogP contribution is -3.00. The third-order valence-corrected chi connectivity index (χ3v) is 8.99. The number of imidazole rings is 2. The topological polar surface area (TPSA) is 88.4 Å². The van der Waals surface area contributed by atoms with E-state index in [0.717, 1.165) is 33.6 Å². The zero-order chi connectivity index (χ0) is 27.9. The fourth-order valence-corrected chi connectivity index (χ4v) is 6.47. The largest absolute Gasteiger partial charge is 1.00 e. The molecule has 7 rings (SSSR count). The van der Waals surface area contributed by atoms with Crippen molar-refractivity contribution in [3.05, 3.63) is 100.0 Å². The maximum atomic E-state index is 5.37. The highest BCUT2D eigenvalue weighted by molar-refractivity contribution is 7.71. The van der Waals surface area contributed by atoms with Gasteiger partial charge >= 0.3 is 9.92 Å². The Labute approximate surface area is 263 Å². The summed E-state index contributed by atoms with van der Waals surface area (Å²) in [7, 11) is 4.16. The number of hydrazone groups is 1. The molecule has 0 saturated heterocycles. The molecule has 0 saturated carbocycles. The third kappa shape index (κ3) is 5.13. The van der Waals surface area contributed by atoms with E-state index in [0.29, 0.717) is 10.7 Å². The number of fused-ring (bicyclic) bond motifs is 2. The first kappa shape index (κ1) is 27.9. The van der Waals surface area contributed by atoms with Gasteiger partial charge in [0.1, 0.15) is 24.8 Å². The summed E-state index contributed by atoms with van der Waals surface area (Å²) in [5, 5.41) is 20.0. The Bertz CT molecular complexity index is 2120. The summed E-state index contributed by atoms with van der Waals surface area (Å²) >= 11 is 8.80. The van der Waals surface area contributed by atoms with Crippen molar-refractivity contribution >= 4 is 63.2 Å². The monoisotopic (exact) mass is 675 g/mol. The molecule has 14 heteroatoms. The molecular formula is C28H24BrN10S3+. The fourth-order valence-electron chi connectivity index (χ4n) is 4.68. The van der Waals surface area contributed by atoms with Crippen LogP contribution in [0.3, 0.4) is 0 Å². The van der Waals surface area contributed by atoms with Crippen molar-refractivity contribution in [2.24, 2.45) is 24.3 Å². The summed E-state index contributed by atoms with van der Waals surface area (Å²) < 4.78 is 10.5. The summed E-state index contributed by atoms with van der Waals surface area (Å²) in [6.07, 6.45) is 11.9. The Balaban J connectivity index is 0.00000316. The first-order valence-electron chi connectivity index (χ1n) is 12.7. The summed E-state index contributed by atoms with van der Waals surface area (Å²) in [6, 6.07) is 16.5. The second-order valence-corrected chi connectivity index (χ2v) is 11.5. The average molecular weight is 677 g/mol. The highest BCUT2D eigenvalue weighted by Crippen LogP contribution is 2.23. The van der Waals surface area contributed by atoms with Crippen molar-refractivity contribution in [1.82, 2.24) is 24.0 Å². The lowest BCUT2D eigenvalue weighted by molar-refractivity contribution is -0.505. The van der Waals surface area contributed by atoms with E-state index in [-0.39, 0.29) is 17.0 Å². The quantitative estimate of drug-likeness (QED) is 0.117. The zero-order valence-corrected chi connectivity index (χ0v) is 26.5. The molecule has 0 spiro atoms. The minimum absolute atomic E-state index is 0. The van der Waals surface area contributed by atoms with Crippen molar-refractivity contribution in [3.63, 3.8) is 0 Å². The zero-order valence-electron chi connectivity index (χ0n) is 22.4. The molecular weight excluding hydrogens is 652 g/mol. The number of nitrogens with zero attached hydrogens (tertiary/aromatic N) is 8. The first-order valence-corrected chi connectivity index (χ1v) is 14.8. The molecule has 42 heavy (non-hydrogen) atoms. The minimum atomic E-state index is 0. The van der Waals surface area contributed by atoms with Gasteiger partial charge in [-0.25, -0.2) is 19.7 Å². The molecule has 0 aliphatic heterocycles. The van der Waals surface area contributed by atoms with Gasteiger partial charge in [0, 0.05) is 21.9 Å². The number of hydrogen-bond acceptors (Lipinski definition) is 7. The highest BCUT2D eigenvalue weighted by atomic mass is 79.9. The van der Waals surface area contributed by atoms with Crippen LogP contribution < -0.4 is 31.2 Å². The number of anilines is 1. The van der Waals surface area contributed by atoms with Gasteiger partial charge in [-0.1, -0.05) is 46.9 Å². The Morgan fingerprint density at radius 2 is 1.36 bits per heavy atom. The molecule has 0 amide bonds. The van der Waals surface area contributed by atoms with Crippen LogP contribution in [0, 0.1) is 4.77 Å². The van der Waals surface area contributed by atoms with Gasteiger partial charge in [0.15, 0.2) is 11.4 Å². The van der Waals surface area contributed by atoms with Crippen LogP contribution in [-0.2, 0) is 14.1 Å². The maximum absolute atomic E-state index is 5.37. The predicted octanol–water partition coefficient (Wildman–Crippen LogP) is 1.88. The number of H-pyrrole nitrogens is 1. The Hall–Kier alpha value is -4.24. The molecule has 0 radical (unpaired) electrons. The number of rotatable bonds is 7. The molecule has 0 unspecified atom stereocenters.